The third-order valence-corrected chi connectivity index (χ3v) is 4.26. The Labute approximate surface area is 112 Å². The number of rotatable bonds is 5. The Morgan fingerprint density at radius 1 is 1.44 bits per heavy atom. The smallest absolute Gasteiger partial charge is 0.309 e. The van der Waals surface area contributed by atoms with Crippen LogP contribution >= 0.6 is 23.1 Å². The molecular weight excluding hydrogens is 273 g/mol. The van der Waals surface area contributed by atoms with E-state index in [1.807, 2.05) is 0 Å². The molecular formula is C12H10FNO2S2. The van der Waals surface area contributed by atoms with Crippen molar-refractivity contribution in [3.8, 4) is 0 Å². The van der Waals surface area contributed by atoms with E-state index in [9.17, 15) is 9.18 Å². The van der Waals surface area contributed by atoms with Gasteiger partial charge in [-0.05, 0) is 12.1 Å². The molecule has 0 bridgehead atoms. The summed E-state index contributed by atoms with van der Waals surface area (Å²) in [7, 11) is 0. The van der Waals surface area contributed by atoms with Crippen LogP contribution in [0.2, 0.25) is 0 Å². The molecule has 0 fully saturated rings. The zero-order chi connectivity index (χ0) is 13.0. The van der Waals surface area contributed by atoms with Gasteiger partial charge in [-0.2, -0.15) is 0 Å². The summed E-state index contributed by atoms with van der Waals surface area (Å²) in [6.07, 6.45) is -0.0686. The van der Waals surface area contributed by atoms with Gasteiger partial charge in [-0.25, -0.2) is 9.37 Å². The lowest BCUT2D eigenvalue weighted by atomic mass is 10.3. The summed E-state index contributed by atoms with van der Waals surface area (Å²) in [5.74, 6) is -0.594. The second kappa shape index (κ2) is 5.97. The SMILES string of the molecule is O=C(O)Cc1csc(CSc2ccccc2F)n1. The largest absolute Gasteiger partial charge is 0.481 e. The van der Waals surface area contributed by atoms with Crippen LogP contribution in [0, 0.1) is 5.82 Å². The van der Waals surface area contributed by atoms with E-state index in [0.717, 1.165) is 5.01 Å². The lowest BCUT2D eigenvalue weighted by Gasteiger charge is -2.00. The van der Waals surface area contributed by atoms with Crippen molar-refractivity contribution in [3.05, 3.63) is 46.2 Å². The van der Waals surface area contributed by atoms with Crippen LogP contribution in [0.15, 0.2) is 34.5 Å². The molecule has 1 N–H and O–H groups in total. The highest BCUT2D eigenvalue weighted by atomic mass is 32.2. The summed E-state index contributed by atoms with van der Waals surface area (Å²) >= 11 is 2.76. The Hall–Kier alpha value is -1.40. The number of aliphatic carboxylic acids is 1. The Kier molecular flexibility index (Phi) is 4.33. The third-order valence-electron chi connectivity index (χ3n) is 2.12. The third kappa shape index (κ3) is 3.54. The molecule has 0 saturated heterocycles. The first-order valence-electron chi connectivity index (χ1n) is 5.17. The molecule has 0 unspecified atom stereocenters. The number of hydrogen-bond donors (Lipinski definition) is 1. The average Bonchev–Trinajstić information content (AvgIpc) is 2.75. The van der Waals surface area contributed by atoms with Crippen LogP contribution < -0.4 is 0 Å². The van der Waals surface area contributed by atoms with E-state index in [1.54, 1.807) is 23.6 Å². The topological polar surface area (TPSA) is 50.2 Å². The number of halogens is 1. The molecule has 1 aromatic carbocycles. The minimum atomic E-state index is -0.895. The van der Waals surface area contributed by atoms with Crippen molar-refractivity contribution in [2.45, 2.75) is 17.1 Å². The zero-order valence-corrected chi connectivity index (χ0v) is 10.9. The van der Waals surface area contributed by atoms with Crippen molar-refractivity contribution in [2.75, 3.05) is 0 Å². The van der Waals surface area contributed by atoms with Crippen molar-refractivity contribution in [1.29, 1.82) is 0 Å². The average molecular weight is 283 g/mol. The summed E-state index contributed by atoms with van der Waals surface area (Å²) in [6.45, 7) is 0. The Balaban J connectivity index is 1.96. The monoisotopic (exact) mass is 283 g/mol. The van der Waals surface area contributed by atoms with Gasteiger partial charge in [0.15, 0.2) is 0 Å². The standard InChI is InChI=1S/C12H10FNO2S2/c13-9-3-1-2-4-10(9)17-7-11-14-8(6-18-11)5-12(15)16/h1-4,6H,5,7H2,(H,15,16). The van der Waals surface area contributed by atoms with Gasteiger partial charge < -0.3 is 5.11 Å². The van der Waals surface area contributed by atoms with Crippen LogP contribution in [0.1, 0.15) is 10.7 Å². The molecule has 18 heavy (non-hydrogen) atoms. The van der Waals surface area contributed by atoms with Crippen molar-refractivity contribution >= 4 is 29.1 Å². The predicted molar refractivity (Wildman–Crippen MR) is 69.4 cm³/mol. The van der Waals surface area contributed by atoms with Crippen molar-refractivity contribution in [1.82, 2.24) is 4.98 Å². The number of carboxylic acids is 1. The second-order valence-corrected chi connectivity index (χ2v) is 5.48. The van der Waals surface area contributed by atoms with Crippen molar-refractivity contribution < 1.29 is 14.3 Å². The summed E-state index contributed by atoms with van der Waals surface area (Å²) < 4.78 is 13.4. The molecule has 0 aliphatic heterocycles. The van der Waals surface area contributed by atoms with Crippen LogP contribution in [-0.4, -0.2) is 16.1 Å². The molecule has 0 amide bonds. The van der Waals surface area contributed by atoms with Gasteiger partial charge in [-0.3, -0.25) is 4.79 Å². The van der Waals surface area contributed by atoms with E-state index in [4.69, 9.17) is 5.11 Å². The van der Waals surface area contributed by atoms with Crippen molar-refractivity contribution in [3.63, 3.8) is 0 Å². The number of thioether (sulfide) groups is 1. The van der Waals surface area contributed by atoms with E-state index in [1.165, 1.54) is 29.2 Å². The van der Waals surface area contributed by atoms with E-state index >= 15 is 0 Å². The fraction of sp³-hybridized carbons (Fsp3) is 0.167. The summed E-state index contributed by atoms with van der Waals surface area (Å²) in [4.78, 5) is 15.3. The minimum absolute atomic E-state index is 0.0686. The number of nitrogens with zero attached hydrogens (tertiary/aromatic N) is 1. The normalized spacial score (nSPS) is 10.5. The highest BCUT2D eigenvalue weighted by Crippen LogP contribution is 2.26. The summed E-state index contributed by atoms with van der Waals surface area (Å²) in [6, 6.07) is 6.56. The Bertz CT molecular complexity index is 557. The highest BCUT2D eigenvalue weighted by Gasteiger charge is 2.07. The molecule has 1 heterocycles. The molecule has 0 spiro atoms. The molecule has 0 saturated carbocycles. The maximum absolute atomic E-state index is 13.4. The molecule has 3 nitrogen and oxygen atoms in total. The minimum Gasteiger partial charge on any atom is -0.481 e. The molecule has 2 rings (SSSR count). The molecule has 94 valence electrons. The van der Waals surface area contributed by atoms with E-state index in [2.05, 4.69) is 4.98 Å². The lowest BCUT2D eigenvalue weighted by molar-refractivity contribution is -0.136. The van der Waals surface area contributed by atoms with Gasteiger partial charge in [0.25, 0.3) is 0 Å². The van der Waals surface area contributed by atoms with Gasteiger partial charge >= 0.3 is 5.97 Å². The van der Waals surface area contributed by atoms with E-state index in [0.29, 0.717) is 16.3 Å². The molecule has 0 aliphatic rings. The number of carbonyl (C=O) groups is 1. The number of thiazole rings is 1. The van der Waals surface area contributed by atoms with Crippen LogP contribution in [0.5, 0.6) is 0 Å². The second-order valence-electron chi connectivity index (χ2n) is 3.52. The number of hydrogen-bond acceptors (Lipinski definition) is 4. The molecule has 2 aromatic rings. The van der Waals surface area contributed by atoms with Gasteiger partial charge in [-0.15, -0.1) is 23.1 Å². The Morgan fingerprint density at radius 2 is 2.22 bits per heavy atom. The predicted octanol–water partition coefficient (Wildman–Crippen LogP) is 3.20. The molecule has 6 heteroatoms. The number of benzene rings is 1. The van der Waals surface area contributed by atoms with Crippen LogP contribution in [0.4, 0.5) is 4.39 Å². The molecule has 0 aliphatic carbocycles. The summed E-state index contributed by atoms with van der Waals surface area (Å²) in [5, 5.41) is 11.2. The quantitative estimate of drug-likeness (QED) is 0.856. The van der Waals surface area contributed by atoms with Gasteiger partial charge in [0.05, 0.1) is 17.9 Å². The Morgan fingerprint density at radius 3 is 2.94 bits per heavy atom. The number of carboxylic acid groups (broad SMARTS) is 1. The first-order chi connectivity index (χ1) is 8.65. The van der Waals surface area contributed by atoms with E-state index in [-0.39, 0.29) is 12.2 Å². The molecule has 0 radical (unpaired) electrons. The van der Waals surface area contributed by atoms with Crippen LogP contribution in [0.3, 0.4) is 0 Å². The van der Waals surface area contributed by atoms with Gasteiger partial charge in [0, 0.05) is 10.3 Å². The van der Waals surface area contributed by atoms with Crippen molar-refractivity contribution in [2.24, 2.45) is 0 Å². The zero-order valence-electron chi connectivity index (χ0n) is 9.30. The molecule has 0 atom stereocenters. The van der Waals surface area contributed by atoms with E-state index < -0.39 is 5.97 Å². The van der Waals surface area contributed by atoms with Gasteiger partial charge in [0.1, 0.15) is 10.8 Å². The summed E-state index contributed by atoms with van der Waals surface area (Å²) in [5.41, 5.74) is 0.552. The van der Waals surface area contributed by atoms with Crippen LogP contribution in [0.25, 0.3) is 0 Å². The fourth-order valence-corrected chi connectivity index (χ4v) is 3.10. The lowest BCUT2D eigenvalue weighted by Crippen LogP contribution is -2.00. The first-order valence-corrected chi connectivity index (χ1v) is 7.04. The molecule has 1 aromatic heterocycles. The highest BCUT2D eigenvalue weighted by molar-refractivity contribution is 7.98. The first kappa shape index (κ1) is 13.0. The van der Waals surface area contributed by atoms with Crippen LogP contribution in [-0.2, 0) is 17.0 Å². The van der Waals surface area contributed by atoms with Gasteiger partial charge in [-0.1, -0.05) is 12.1 Å². The number of aromatic nitrogens is 1. The van der Waals surface area contributed by atoms with Gasteiger partial charge in [0.2, 0.25) is 0 Å². The maximum atomic E-state index is 13.4. The maximum Gasteiger partial charge on any atom is 0.309 e. The fourth-order valence-electron chi connectivity index (χ4n) is 1.35.